The molecule has 3 rings (SSSR count). The first-order valence-corrected chi connectivity index (χ1v) is 8.55. The molecule has 0 spiro atoms. The summed E-state index contributed by atoms with van der Waals surface area (Å²) >= 11 is 0. The number of aromatic nitrogens is 2. The highest BCUT2D eigenvalue weighted by molar-refractivity contribution is 6.09. The number of methoxy groups -OCH3 is 1. The zero-order valence-electron chi connectivity index (χ0n) is 14.5. The molecule has 2 amide bonds. The summed E-state index contributed by atoms with van der Waals surface area (Å²) in [6, 6.07) is 6.84. The summed E-state index contributed by atoms with van der Waals surface area (Å²) in [5, 5.41) is 21.7. The Morgan fingerprint density at radius 3 is 2.65 bits per heavy atom. The number of benzene rings is 1. The molecular weight excluding hydrogens is 336 g/mol. The summed E-state index contributed by atoms with van der Waals surface area (Å²) in [7, 11) is 1.49. The Morgan fingerprint density at radius 1 is 1.19 bits per heavy atom. The van der Waals surface area contributed by atoms with Gasteiger partial charge in [0.1, 0.15) is 11.4 Å². The third kappa shape index (κ3) is 4.02. The molecule has 0 unspecified atom stereocenters. The van der Waals surface area contributed by atoms with Gasteiger partial charge in [-0.15, -0.1) is 0 Å². The number of hydrogen-bond donors (Lipinski definition) is 4. The van der Waals surface area contributed by atoms with E-state index >= 15 is 0 Å². The molecule has 0 bridgehead atoms. The standard InChI is InChI=1S/C18H22N4O4/c1-26-15-5-3-2-4-13(15)17(24)21-14-10-19-22-16(14)18(25)20-11-6-8-12(23)9-7-11/h2-5,10-12,23H,6-9H2,1H3,(H,19,22)(H,20,25)(H,21,24). The molecule has 1 aliphatic rings. The maximum absolute atomic E-state index is 12.5. The second-order valence-electron chi connectivity index (χ2n) is 6.29. The Balaban J connectivity index is 1.68. The predicted octanol–water partition coefficient (Wildman–Crippen LogP) is 1.70. The van der Waals surface area contributed by atoms with Crippen LogP contribution in [0.2, 0.25) is 0 Å². The van der Waals surface area contributed by atoms with E-state index in [1.807, 2.05) is 0 Å². The van der Waals surface area contributed by atoms with E-state index in [0.717, 1.165) is 12.8 Å². The molecule has 8 nitrogen and oxygen atoms in total. The van der Waals surface area contributed by atoms with Gasteiger partial charge in [0.25, 0.3) is 11.8 Å². The van der Waals surface area contributed by atoms with E-state index < -0.39 is 5.91 Å². The normalized spacial score (nSPS) is 19.6. The molecule has 2 aromatic rings. The van der Waals surface area contributed by atoms with Gasteiger partial charge in [0.15, 0.2) is 0 Å². The number of ether oxygens (including phenoxy) is 1. The Bertz CT molecular complexity index is 781. The van der Waals surface area contributed by atoms with Crippen LogP contribution in [-0.4, -0.2) is 46.4 Å². The first kappa shape index (κ1) is 17.9. The van der Waals surface area contributed by atoms with Crippen molar-refractivity contribution in [3.05, 3.63) is 41.7 Å². The molecule has 0 saturated heterocycles. The van der Waals surface area contributed by atoms with Crippen LogP contribution in [0.15, 0.2) is 30.5 Å². The van der Waals surface area contributed by atoms with Crippen molar-refractivity contribution < 1.29 is 19.4 Å². The van der Waals surface area contributed by atoms with Crippen LogP contribution in [0.5, 0.6) is 5.75 Å². The van der Waals surface area contributed by atoms with Crippen molar-refractivity contribution in [1.82, 2.24) is 15.5 Å². The second kappa shape index (κ2) is 8.01. The number of aromatic amines is 1. The summed E-state index contributed by atoms with van der Waals surface area (Å²) in [6.07, 6.45) is 3.91. The topological polar surface area (TPSA) is 116 Å². The van der Waals surface area contributed by atoms with Gasteiger partial charge in [0.05, 0.1) is 30.7 Å². The average molecular weight is 358 g/mol. The summed E-state index contributed by atoms with van der Waals surface area (Å²) in [5.74, 6) is -0.279. The Kier molecular flexibility index (Phi) is 5.52. The molecule has 0 radical (unpaired) electrons. The minimum atomic E-state index is -0.390. The molecule has 1 aromatic carbocycles. The number of H-pyrrole nitrogens is 1. The van der Waals surface area contributed by atoms with Gasteiger partial charge in [-0.2, -0.15) is 5.10 Å². The number of aliphatic hydroxyl groups excluding tert-OH is 1. The van der Waals surface area contributed by atoms with Crippen LogP contribution in [0.25, 0.3) is 0 Å². The van der Waals surface area contributed by atoms with Crippen molar-refractivity contribution in [2.45, 2.75) is 37.8 Å². The quantitative estimate of drug-likeness (QED) is 0.649. The van der Waals surface area contributed by atoms with E-state index in [9.17, 15) is 14.7 Å². The number of amides is 2. The third-order valence-electron chi connectivity index (χ3n) is 4.50. The summed E-state index contributed by atoms with van der Waals surface area (Å²) < 4.78 is 5.19. The zero-order valence-corrected chi connectivity index (χ0v) is 14.5. The second-order valence-corrected chi connectivity index (χ2v) is 6.29. The van der Waals surface area contributed by atoms with Gasteiger partial charge >= 0.3 is 0 Å². The van der Waals surface area contributed by atoms with Gasteiger partial charge in [0, 0.05) is 6.04 Å². The molecule has 1 saturated carbocycles. The van der Waals surface area contributed by atoms with Crippen LogP contribution < -0.4 is 15.4 Å². The SMILES string of the molecule is COc1ccccc1C(=O)Nc1cn[nH]c1C(=O)NC1CCC(O)CC1. The van der Waals surface area contributed by atoms with Gasteiger partial charge in [-0.3, -0.25) is 14.7 Å². The maximum atomic E-state index is 12.5. The minimum Gasteiger partial charge on any atom is -0.496 e. The van der Waals surface area contributed by atoms with E-state index in [-0.39, 0.29) is 23.7 Å². The smallest absolute Gasteiger partial charge is 0.271 e. The molecule has 138 valence electrons. The van der Waals surface area contributed by atoms with Crippen LogP contribution >= 0.6 is 0 Å². The van der Waals surface area contributed by atoms with E-state index in [2.05, 4.69) is 20.8 Å². The number of carbonyl (C=O) groups is 2. The minimum absolute atomic E-state index is 0.00645. The van der Waals surface area contributed by atoms with Crippen molar-refractivity contribution in [2.24, 2.45) is 0 Å². The third-order valence-corrected chi connectivity index (χ3v) is 4.50. The summed E-state index contributed by atoms with van der Waals surface area (Å²) in [6.45, 7) is 0. The van der Waals surface area contributed by atoms with Crippen LogP contribution in [0.3, 0.4) is 0 Å². The molecule has 0 atom stereocenters. The highest BCUT2D eigenvalue weighted by atomic mass is 16.5. The molecule has 1 aliphatic carbocycles. The fourth-order valence-corrected chi connectivity index (χ4v) is 3.05. The summed E-state index contributed by atoms with van der Waals surface area (Å²) in [4.78, 5) is 25.0. The lowest BCUT2D eigenvalue weighted by atomic mass is 9.93. The number of carbonyl (C=O) groups excluding carboxylic acids is 2. The first-order valence-electron chi connectivity index (χ1n) is 8.55. The number of para-hydroxylation sites is 1. The van der Waals surface area contributed by atoms with E-state index in [4.69, 9.17) is 4.74 Å². The van der Waals surface area contributed by atoms with E-state index in [1.54, 1.807) is 24.3 Å². The molecule has 26 heavy (non-hydrogen) atoms. The average Bonchev–Trinajstić information content (AvgIpc) is 3.11. The number of rotatable bonds is 5. The lowest BCUT2D eigenvalue weighted by molar-refractivity contribution is 0.0864. The fourth-order valence-electron chi connectivity index (χ4n) is 3.05. The van der Waals surface area contributed by atoms with Gasteiger partial charge in [-0.25, -0.2) is 0 Å². The van der Waals surface area contributed by atoms with E-state index in [1.165, 1.54) is 13.3 Å². The Hall–Kier alpha value is -2.87. The molecular formula is C18H22N4O4. The van der Waals surface area contributed by atoms with Crippen molar-refractivity contribution in [1.29, 1.82) is 0 Å². The Labute approximate surface area is 150 Å². The number of hydrogen-bond acceptors (Lipinski definition) is 5. The van der Waals surface area contributed by atoms with Crippen LogP contribution in [0, 0.1) is 0 Å². The first-order chi connectivity index (χ1) is 12.6. The van der Waals surface area contributed by atoms with Gasteiger partial charge in [0.2, 0.25) is 0 Å². The van der Waals surface area contributed by atoms with Crippen LogP contribution in [-0.2, 0) is 0 Å². The lowest BCUT2D eigenvalue weighted by Gasteiger charge is -2.26. The van der Waals surface area contributed by atoms with Crippen LogP contribution in [0.1, 0.15) is 46.5 Å². The highest BCUT2D eigenvalue weighted by Gasteiger charge is 2.24. The lowest BCUT2D eigenvalue weighted by Crippen LogP contribution is -2.39. The number of aliphatic hydroxyl groups is 1. The van der Waals surface area contributed by atoms with Crippen molar-refractivity contribution in [2.75, 3.05) is 12.4 Å². The molecule has 1 fully saturated rings. The van der Waals surface area contributed by atoms with Gasteiger partial charge < -0.3 is 20.5 Å². The largest absolute Gasteiger partial charge is 0.496 e. The summed E-state index contributed by atoms with van der Waals surface area (Å²) in [5.41, 5.74) is 0.859. The van der Waals surface area contributed by atoms with Crippen molar-refractivity contribution in [3.8, 4) is 5.75 Å². The highest BCUT2D eigenvalue weighted by Crippen LogP contribution is 2.22. The number of nitrogens with one attached hydrogen (secondary N) is 3. The molecule has 8 heteroatoms. The number of nitrogens with zero attached hydrogens (tertiary/aromatic N) is 1. The predicted molar refractivity (Wildman–Crippen MR) is 95.3 cm³/mol. The Morgan fingerprint density at radius 2 is 1.92 bits per heavy atom. The van der Waals surface area contributed by atoms with E-state index in [0.29, 0.717) is 29.8 Å². The van der Waals surface area contributed by atoms with Crippen LogP contribution in [0.4, 0.5) is 5.69 Å². The van der Waals surface area contributed by atoms with Gasteiger partial charge in [-0.1, -0.05) is 12.1 Å². The monoisotopic (exact) mass is 358 g/mol. The molecule has 4 N–H and O–H groups in total. The fraction of sp³-hybridized carbons (Fsp3) is 0.389. The molecule has 0 aliphatic heterocycles. The van der Waals surface area contributed by atoms with Gasteiger partial charge in [-0.05, 0) is 37.8 Å². The number of anilines is 1. The van der Waals surface area contributed by atoms with Crippen molar-refractivity contribution in [3.63, 3.8) is 0 Å². The molecule has 1 heterocycles. The zero-order chi connectivity index (χ0) is 18.5. The maximum Gasteiger partial charge on any atom is 0.271 e. The molecule has 1 aromatic heterocycles. The van der Waals surface area contributed by atoms with Crippen molar-refractivity contribution >= 4 is 17.5 Å².